The van der Waals surface area contributed by atoms with Gasteiger partial charge in [-0.25, -0.2) is 4.79 Å². The maximum atomic E-state index is 11.4. The topological polar surface area (TPSA) is 46.5 Å². The van der Waals surface area contributed by atoms with E-state index < -0.39 is 12.1 Å². The highest BCUT2D eigenvalue weighted by Gasteiger charge is 2.20. The second-order valence-corrected chi connectivity index (χ2v) is 5.61. The van der Waals surface area contributed by atoms with Crippen LogP contribution in [0, 0.1) is 6.92 Å². The molecule has 0 heterocycles. The lowest BCUT2D eigenvalue weighted by atomic mass is 10.1. The molecule has 0 spiro atoms. The van der Waals surface area contributed by atoms with Crippen LogP contribution in [0.1, 0.15) is 11.1 Å². The predicted octanol–water partition coefficient (Wildman–Crippen LogP) is 4.38. The molecule has 0 bridgehead atoms. The molecule has 110 valence electrons. The van der Waals surface area contributed by atoms with E-state index in [0.29, 0.717) is 21.4 Å². The zero-order valence-electron chi connectivity index (χ0n) is 11.3. The monoisotopic (exact) mass is 324 g/mol. The normalized spacial score (nSPS) is 12.0. The molecule has 0 aliphatic rings. The number of carboxylic acids is 1. The Labute approximate surface area is 133 Å². The highest BCUT2D eigenvalue weighted by molar-refractivity contribution is 6.34. The number of aryl methyl sites for hydroxylation is 1. The van der Waals surface area contributed by atoms with Crippen molar-refractivity contribution in [3.63, 3.8) is 0 Å². The number of hydrogen-bond acceptors (Lipinski definition) is 2. The van der Waals surface area contributed by atoms with Gasteiger partial charge in [0.05, 0.1) is 0 Å². The zero-order chi connectivity index (χ0) is 15.4. The van der Waals surface area contributed by atoms with Crippen molar-refractivity contribution in [1.29, 1.82) is 0 Å². The summed E-state index contributed by atoms with van der Waals surface area (Å²) >= 11 is 11.8. The molecule has 0 saturated heterocycles. The molecule has 0 aromatic heterocycles. The van der Waals surface area contributed by atoms with E-state index in [1.807, 2.05) is 19.1 Å². The maximum absolute atomic E-state index is 11.4. The number of carbonyl (C=O) groups is 1. The second-order valence-electron chi connectivity index (χ2n) is 4.74. The molecule has 0 radical (unpaired) electrons. The molecule has 2 aromatic rings. The summed E-state index contributed by atoms with van der Waals surface area (Å²) < 4.78 is 5.53. The minimum atomic E-state index is -1.04. The van der Waals surface area contributed by atoms with Gasteiger partial charge < -0.3 is 9.84 Å². The highest BCUT2D eigenvalue weighted by Crippen LogP contribution is 2.21. The second kappa shape index (κ2) is 6.83. The predicted molar refractivity (Wildman–Crippen MR) is 83.4 cm³/mol. The molecule has 0 unspecified atom stereocenters. The number of benzene rings is 2. The van der Waals surface area contributed by atoms with Crippen molar-refractivity contribution in [1.82, 2.24) is 0 Å². The van der Waals surface area contributed by atoms with Crippen LogP contribution in [0.2, 0.25) is 10.0 Å². The molecule has 0 fully saturated rings. The molecular weight excluding hydrogens is 311 g/mol. The van der Waals surface area contributed by atoms with E-state index in [0.717, 1.165) is 5.56 Å². The summed E-state index contributed by atoms with van der Waals surface area (Å²) in [6, 6.07) is 12.2. The van der Waals surface area contributed by atoms with E-state index >= 15 is 0 Å². The van der Waals surface area contributed by atoms with Crippen molar-refractivity contribution >= 4 is 29.2 Å². The third-order valence-corrected chi connectivity index (χ3v) is 3.35. The van der Waals surface area contributed by atoms with Crippen LogP contribution in [-0.4, -0.2) is 17.2 Å². The van der Waals surface area contributed by atoms with Gasteiger partial charge in [0, 0.05) is 16.5 Å². The highest BCUT2D eigenvalue weighted by atomic mass is 35.5. The molecule has 0 aliphatic heterocycles. The lowest BCUT2D eigenvalue weighted by molar-refractivity contribution is -0.145. The third kappa shape index (κ3) is 4.66. The lowest BCUT2D eigenvalue weighted by Crippen LogP contribution is -2.29. The summed E-state index contributed by atoms with van der Waals surface area (Å²) in [4.78, 5) is 11.4. The fraction of sp³-hybridized carbons (Fsp3) is 0.188. The van der Waals surface area contributed by atoms with E-state index in [4.69, 9.17) is 27.9 Å². The zero-order valence-corrected chi connectivity index (χ0v) is 12.9. The van der Waals surface area contributed by atoms with Crippen LogP contribution >= 0.6 is 23.2 Å². The lowest BCUT2D eigenvalue weighted by Gasteiger charge is -2.15. The average molecular weight is 325 g/mol. The molecule has 1 atom stereocenters. The molecule has 0 amide bonds. The van der Waals surface area contributed by atoms with Crippen LogP contribution in [0.15, 0.2) is 42.5 Å². The van der Waals surface area contributed by atoms with E-state index in [2.05, 4.69) is 0 Å². The first kappa shape index (κ1) is 15.7. The van der Waals surface area contributed by atoms with Crippen molar-refractivity contribution in [2.45, 2.75) is 19.4 Å². The number of halogens is 2. The molecule has 21 heavy (non-hydrogen) atoms. The summed E-state index contributed by atoms with van der Waals surface area (Å²) in [7, 11) is 0. The standard InChI is InChI=1S/C16H14Cl2O3/c1-10-2-4-14(5-3-10)21-15(16(19)20)8-11-6-12(17)9-13(18)7-11/h2-7,9,15H,8H2,1H3,(H,19,20)/t15-/m0/s1. The van der Waals surface area contributed by atoms with Crippen LogP contribution in [0.3, 0.4) is 0 Å². The maximum Gasteiger partial charge on any atom is 0.345 e. The summed E-state index contributed by atoms with van der Waals surface area (Å²) in [5.74, 6) is -0.521. The Bertz CT molecular complexity index is 618. The van der Waals surface area contributed by atoms with Gasteiger partial charge in [0.25, 0.3) is 0 Å². The first-order chi connectivity index (χ1) is 9.94. The fourth-order valence-corrected chi connectivity index (χ4v) is 2.47. The minimum Gasteiger partial charge on any atom is -0.478 e. The van der Waals surface area contributed by atoms with E-state index in [1.54, 1.807) is 30.3 Å². The molecule has 1 N–H and O–H groups in total. The molecule has 5 heteroatoms. The van der Waals surface area contributed by atoms with Gasteiger partial charge in [-0.1, -0.05) is 40.9 Å². The van der Waals surface area contributed by atoms with Gasteiger partial charge in [0.2, 0.25) is 0 Å². The van der Waals surface area contributed by atoms with Gasteiger partial charge in [-0.15, -0.1) is 0 Å². The number of aliphatic carboxylic acids is 1. The Hall–Kier alpha value is -1.71. The largest absolute Gasteiger partial charge is 0.478 e. The quantitative estimate of drug-likeness (QED) is 0.887. The van der Waals surface area contributed by atoms with Crippen molar-refractivity contribution < 1.29 is 14.6 Å². The Morgan fingerprint density at radius 1 is 1.14 bits per heavy atom. The van der Waals surface area contributed by atoms with Gasteiger partial charge in [-0.3, -0.25) is 0 Å². The molecule has 3 nitrogen and oxygen atoms in total. The molecule has 0 aliphatic carbocycles. The van der Waals surface area contributed by atoms with Crippen LogP contribution in [0.4, 0.5) is 0 Å². The summed E-state index contributed by atoms with van der Waals surface area (Å²) in [6.07, 6.45) is -0.814. The number of ether oxygens (including phenoxy) is 1. The van der Waals surface area contributed by atoms with E-state index in [9.17, 15) is 9.90 Å². The number of hydrogen-bond donors (Lipinski definition) is 1. The molecule has 0 saturated carbocycles. The van der Waals surface area contributed by atoms with Gasteiger partial charge >= 0.3 is 5.97 Å². The molecular formula is C16H14Cl2O3. The SMILES string of the molecule is Cc1ccc(O[C@@H](Cc2cc(Cl)cc(Cl)c2)C(=O)O)cc1. The summed E-state index contributed by atoms with van der Waals surface area (Å²) in [5, 5.41) is 10.2. The summed E-state index contributed by atoms with van der Waals surface area (Å²) in [6.45, 7) is 1.95. The third-order valence-electron chi connectivity index (χ3n) is 2.92. The Balaban J connectivity index is 2.15. The van der Waals surface area contributed by atoms with Crippen molar-refractivity contribution in [3.8, 4) is 5.75 Å². The Morgan fingerprint density at radius 2 is 1.71 bits per heavy atom. The van der Waals surface area contributed by atoms with Crippen LogP contribution in [-0.2, 0) is 11.2 Å². The van der Waals surface area contributed by atoms with Gasteiger partial charge in [-0.2, -0.15) is 0 Å². The van der Waals surface area contributed by atoms with E-state index in [1.165, 1.54) is 0 Å². The van der Waals surface area contributed by atoms with Crippen LogP contribution < -0.4 is 4.74 Å². The van der Waals surface area contributed by atoms with Crippen LogP contribution in [0.5, 0.6) is 5.75 Å². The van der Waals surface area contributed by atoms with Crippen molar-refractivity contribution in [2.24, 2.45) is 0 Å². The smallest absolute Gasteiger partial charge is 0.345 e. The van der Waals surface area contributed by atoms with Gasteiger partial charge in [0.1, 0.15) is 5.75 Å². The van der Waals surface area contributed by atoms with E-state index in [-0.39, 0.29) is 6.42 Å². The number of rotatable bonds is 5. The van der Waals surface area contributed by atoms with Gasteiger partial charge in [0.15, 0.2) is 6.10 Å². The first-order valence-corrected chi connectivity index (χ1v) is 7.11. The average Bonchev–Trinajstić information content (AvgIpc) is 2.39. The van der Waals surface area contributed by atoms with Crippen molar-refractivity contribution in [3.05, 3.63) is 63.6 Å². The van der Waals surface area contributed by atoms with Crippen molar-refractivity contribution in [2.75, 3.05) is 0 Å². The molecule has 2 aromatic carbocycles. The fourth-order valence-electron chi connectivity index (χ4n) is 1.90. The summed E-state index contributed by atoms with van der Waals surface area (Å²) in [5.41, 5.74) is 1.79. The first-order valence-electron chi connectivity index (χ1n) is 6.35. The van der Waals surface area contributed by atoms with Crippen LogP contribution in [0.25, 0.3) is 0 Å². The Kier molecular flexibility index (Phi) is 5.10. The van der Waals surface area contributed by atoms with Gasteiger partial charge in [-0.05, 0) is 42.8 Å². The molecule has 2 rings (SSSR count). The minimum absolute atomic E-state index is 0.184. The number of carboxylic acid groups (broad SMARTS) is 1. The Morgan fingerprint density at radius 3 is 2.24 bits per heavy atom.